The highest BCUT2D eigenvalue weighted by atomic mass is 16.3. The summed E-state index contributed by atoms with van der Waals surface area (Å²) in [5.74, 6) is -0.314. The number of carbonyl (C=O) groups is 1. The SMILES string of the molecule is CN(CCCN)C(=O)c1ccncc1O. The molecule has 0 saturated heterocycles. The normalized spacial score (nSPS) is 10.0. The van der Waals surface area contributed by atoms with Crippen molar-refractivity contribution in [3.8, 4) is 5.75 Å². The van der Waals surface area contributed by atoms with Gasteiger partial charge in [-0.2, -0.15) is 0 Å². The molecule has 1 aromatic rings. The molecule has 0 aliphatic rings. The lowest BCUT2D eigenvalue weighted by atomic mass is 10.2. The van der Waals surface area contributed by atoms with Crippen molar-refractivity contribution in [1.82, 2.24) is 9.88 Å². The van der Waals surface area contributed by atoms with Gasteiger partial charge in [0.2, 0.25) is 0 Å². The van der Waals surface area contributed by atoms with Crippen molar-refractivity contribution in [3.05, 3.63) is 24.0 Å². The summed E-state index contributed by atoms with van der Waals surface area (Å²) >= 11 is 0. The lowest BCUT2D eigenvalue weighted by molar-refractivity contribution is 0.0791. The molecule has 0 spiro atoms. The van der Waals surface area contributed by atoms with Crippen molar-refractivity contribution in [2.45, 2.75) is 6.42 Å². The summed E-state index contributed by atoms with van der Waals surface area (Å²) in [6, 6.07) is 1.50. The van der Waals surface area contributed by atoms with Gasteiger partial charge in [0.05, 0.1) is 11.8 Å². The summed E-state index contributed by atoms with van der Waals surface area (Å²) in [5, 5.41) is 9.42. The van der Waals surface area contributed by atoms with Crippen LogP contribution in [0.15, 0.2) is 18.5 Å². The maximum absolute atomic E-state index is 11.8. The summed E-state index contributed by atoms with van der Waals surface area (Å²) in [5.41, 5.74) is 5.62. The second kappa shape index (κ2) is 5.31. The minimum atomic E-state index is -0.219. The summed E-state index contributed by atoms with van der Waals surface area (Å²) in [6.45, 7) is 1.12. The molecule has 0 fully saturated rings. The Hall–Kier alpha value is -1.62. The minimum absolute atomic E-state index is 0.0953. The number of nitrogens with two attached hydrogens (primary N) is 1. The number of aromatic hydroxyl groups is 1. The molecule has 0 aromatic carbocycles. The number of aromatic nitrogens is 1. The molecule has 0 saturated carbocycles. The van der Waals surface area contributed by atoms with Crippen LogP contribution in [0, 0.1) is 0 Å². The maximum Gasteiger partial charge on any atom is 0.257 e. The van der Waals surface area contributed by atoms with Crippen LogP contribution in [0.1, 0.15) is 16.8 Å². The average molecular weight is 209 g/mol. The van der Waals surface area contributed by atoms with Crippen molar-refractivity contribution in [2.24, 2.45) is 5.73 Å². The molecule has 3 N–H and O–H groups in total. The standard InChI is InChI=1S/C10H15N3O2/c1-13(6-2-4-11)10(15)8-3-5-12-7-9(8)14/h3,5,7,14H,2,4,6,11H2,1H3. The van der Waals surface area contributed by atoms with Crippen LogP contribution < -0.4 is 5.73 Å². The fraction of sp³-hybridized carbons (Fsp3) is 0.400. The van der Waals surface area contributed by atoms with E-state index in [-0.39, 0.29) is 17.2 Å². The number of hydrogen-bond acceptors (Lipinski definition) is 4. The van der Waals surface area contributed by atoms with E-state index >= 15 is 0 Å². The zero-order chi connectivity index (χ0) is 11.3. The second-order valence-electron chi connectivity index (χ2n) is 3.26. The highest BCUT2D eigenvalue weighted by Gasteiger charge is 2.14. The molecule has 1 aromatic heterocycles. The van der Waals surface area contributed by atoms with Gasteiger partial charge in [0, 0.05) is 19.8 Å². The maximum atomic E-state index is 11.8. The summed E-state index contributed by atoms with van der Waals surface area (Å²) in [7, 11) is 1.68. The molecule has 1 heterocycles. The molecule has 0 radical (unpaired) electrons. The predicted octanol–water partition coefficient (Wildman–Crippen LogP) is 0.208. The van der Waals surface area contributed by atoms with Crippen molar-refractivity contribution in [2.75, 3.05) is 20.1 Å². The molecule has 1 rings (SSSR count). The van der Waals surface area contributed by atoms with Gasteiger partial charge in [0.25, 0.3) is 5.91 Å². The Morgan fingerprint density at radius 1 is 1.67 bits per heavy atom. The van der Waals surface area contributed by atoms with Crippen molar-refractivity contribution in [3.63, 3.8) is 0 Å². The van der Waals surface area contributed by atoms with E-state index in [9.17, 15) is 9.90 Å². The van der Waals surface area contributed by atoms with Crippen molar-refractivity contribution in [1.29, 1.82) is 0 Å². The van der Waals surface area contributed by atoms with Crippen LogP contribution in [0.2, 0.25) is 0 Å². The van der Waals surface area contributed by atoms with Gasteiger partial charge in [-0.3, -0.25) is 9.78 Å². The fourth-order valence-electron chi connectivity index (χ4n) is 1.20. The monoisotopic (exact) mass is 209 g/mol. The molecule has 0 unspecified atom stereocenters. The van der Waals surface area contributed by atoms with Gasteiger partial charge in [-0.15, -0.1) is 0 Å². The first-order valence-electron chi connectivity index (χ1n) is 4.75. The lowest BCUT2D eigenvalue weighted by Crippen LogP contribution is -2.29. The first-order chi connectivity index (χ1) is 7.16. The third-order valence-electron chi connectivity index (χ3n) is 2.07. The van der Waals surface area contributed by atoms with E-state index in [1.165, 1.54) is 23.4 Å². The first-order valence-corrected chi connectivity index (χ1v) is 4.75. The van der Waals surface area contributed by atoms with E-state index in [4.69, 9.17) is 5.73 Å². The zero-order valence-corrected chi connectivity index (χ0v) is 8.68. The van der Waals surface area contributed by atoms with Crippen LogP contribution in [0.4, 0.5) is 0 Å². The zero-order valence-electron chi connectivity index (χ0n) is 8.68. The van der Waals surface area contributed by atoms with Crippen molar-refractivity contribution >= 4 is 5.91 Å². The number of nitrogens with zero attached hydrogens (tertiary/aromatic N) is 2. The van der Waals surface area contributed by atoms with Gasteiger partial charge >= 0.3 is 0 Å². The summed E-state index contributed by atoms with van der Waals surface area (Å²) < 4.78 is 0. The lowest BCUT2D eigenvalue weighted by Gasteiger charge is -2.16. The van der Waals surface area contributed by atoms with Crippen LogP contribution in [0.25, 0.3) is 0 Å². The average Bonchev–Trinajstić information content (AvgIpc) is 2.25. The summed E-state index contributed by atoms with van der Waals surface area (Å²) in [6.07, 6.45) is 3.47. The fourth-order valence-corrected chi connectivity index (χ4v) is 1.20. The van der Waals surface area contributed by atoms with Crippen LogP contribution in [-0.4, -0.2) is 41.0 Å². The van der Waals surface area contributed by atoms with Gasteiger partial charge in [-0.05, 0) is 19.0 Å². The van der Waals surface area contributed by atoms with Crippen LogP contribution >= 0.6 is 0 Å². The Bertz CT molecular complexity index is 341. The van der Waals surface area contributed by atoms with Crippen LogP contribution in [0.3, 0.4) is 0 Å². The Morgan fingerprint density at radius 3 is 3.00 bits per heavy atom. The third-order valence-corrected chi connectivity index (χ3v) is 2.07. The molecule has 5 heteroatoms. The first kappa shape index (κ1) is 11.5. The number of carbonyl (C=O) groups excluding carboxylic acids is 1. The molecule has 0 atom stereocenters. The summed E-state index contributed by atoms with van der Waals surface area (Å²) in [4.78, 5) is 17.0. The molecule has 82 valence electrons. The number of pyridine rings is 1. The molecule has 15 heavy (non-hydrogen) atoms. The van der Waals surface area contributed by atoms with E-state index < -0.39 is 0 Å². The van der Waals surface area contributed by atoms with Gasteiger partial charge in [-0.25, -0.2) is 0 Å². The Kier molecular flexibility index (Phi) is 4.05. The highest BCUT2D eigenvalue weighted by molar-refractivity contribution is 5.96. The van der Waals surface area contributed by atoms with E-state index in [0.29, 0.717) is 13.1 Å². The number of hydrogen-bond donors (Lipinski definition) is 2. The molecule has 0 bridgehead atoms. The molecule has 1 amide bonds. The van der Waals surface area contributed by atoms with Gasteiger partial charge < -0.3 is 15.7 Å². The molecule has 5 nitrogen and oxygen atoms in total. The van der Waals surface area contributed by atoms with E-state index in [1.54, 1.807) is 7.05 Å². The van der Waals surface area contributed by atoms with Crippen molar-refractivity contribution < 1.29 is 9.90 Å². The highest BCUT2D eigenvalue weighted by Crippen LogP contribution is 2.15. The quantitative estimate of drug-likeness (QED) is 0.742. The molecule has 0 aliphatic heterocycles. The Labute approximate surface area is 88.5 Å². The predicted molar refractivity (Wildman–Crippen MR) is 56.5 cm³/mol. The smallest absolute Gasteiger partial charge is 0.257 e. The third kappa shape index (κ3) is 2.92. The molecular formula is C10H15N3O2. The van der Waals surface area contributed by atoms with Gasteiger partial charge in [0.1, 0.15) is 5.75 Å². The van der Waals surface area contributed by atoms with Crippen LogP contribution in [0.5, 0.6) is 5.75 Å². The van der Waals surface area contributed by atoms with Gasteiger partial charge in [0.15, 0.2) is 0 Å². The Balaban J connectivity index is 2.72. The topological polar surface area (TPSA) is 79.5 Å². The van der Waals surface area contributed by atoms with E-state index in [2.05, 4.69) is 4.98 Å². The molecular weight excluding hydrogens is 194 g/mol. The van der Waals surface area contributed by atoms with E-state index in [0.717, 1.165) is 6.42 Å². The number of rotatable bonds is 4. The van der Waals surface area contributed by atoms with Gasteiger partial charge in [-0.1, -0.05) is 0 Å². The Morgan fingerprint density at radius 2 is 2.40 bits per heavy atom. The molecule has 0 aliphatic carbocycles. The van der Waals surface area contributed by atoms with E-state index in [1.807, 2.05) is 0 Å². The number of amides is 1. The second-order valence-corrected chi connectivity index (χ2v) is 3.26. The largest absolute Gasteiger partial charge is 0.505 e. The minimum Gasteiger partial charge on any atom is -0.505 e. The van der Waals surface area contributed by atoms with Crippen LogP contribution in [-0.2, 0) is 0 Å².